The lowest BCUT2D eigenvalue weighted by Crippen LogP contribution is -2.37. The highest BCUT2D eigenvalue weighted by Crippen LogP contribution is 2.22. The summed E-state index contributed by atoms with van der Waals surface area (Å²) < 4.78 is 4.79. The monoisotopic (exact) mass is 526 g/mol. The second kappa shape index (κ2) is 9.60. The first-order chi connectivity index (χ1) is 15.9. The average molecular weight is 528 g/mol. The molecule has 1 N–H and O–H groups in total. The second-order valence-corrected chi connectivity index (χ2v) is 8.62. The molecule has 8 nitrogen and oxygen atoms in total. The van der Waals surface area contributed by atoms with Crippen LogP contribution in [0.4, 0.5) is 5.95 Å². The SMILES string of the molecule is Cn1c(=O)c2c(nc(N/N=C\C(Br)=C\c3ccccc3)n2Cc2ccccc2Cl)n(C)c1=O. The van der Waals surface area contributed by atoms with Gasteiger partial charge in [0.2, 0.25) is 5.95 Å². The number of nitrogens with one attached hydrogen (secondary N) is 1. The van der Waals surface area contributed by atoms with Crippen molar-refractivity contribution in [3.8, 4) is 0 Å². The number of halogens is 2. The number of rotatable bonds is 6. The molecule has 0 amide bonds. The lowest BCUT2D eigenvalue weighted by Gasteiger charge is -2.10. The van der Waals surface area contributed by atoms with Gasteiger partial charge in [0.1, 0.15) is 0 Å². The normalized spacial score (nSPS) is 12.1. The fourth-order valence-electron chi connectivity index (χ4n) is 3.38. The summed E-state index contributed by atoms with van der Waals surface area (Å²) in [6, 6.07) is 17.1. The maximum atomic E-state index is 13.0. The van der Waals surface area contributed by atoms with Gasteiger partial charge in [0.25, 0.3) is 5.56 Å². The molecule has 4 rings (SSSR count). The van der Waals surface area contributed by atoms with E-state index < -0.39 is 11.2 Å². The Morgan fingerprint density at radius 3 is 2.52 bits per heavy atom. The molecule has 0 aliphatic rings. The maximum absolute atomic E-state index is 13.0. The lowest BCUT2D eigenvalue weighted by molar-refractivity contribution is 0.702. The Hall–Kier alpha value is -3.43. The van der Waals surface area contributed by atoms with Crippen LogP contribution in [0.1, 0.15) is 11.1 Å². The number of allylic oxidation sites excluding steroid dienone is 1. The molecule has 168 valence electrons. The number of nitrogens with zero attached hydrogens (tertiary/aromatic N) is 5. The lowest BCUT2D eigenvalue weighted by atomic mass is 10.2. The van der Waals surface area contributed by atoms with Gasteiger partial charge in [-0.1, -0.05) is 60.1 Å². The molecular formula is C23H20BrClN6O2. The highest BCUT2D eigenvalue weighted by molar-refractivity contribution is 9.12. The van der Waals surface area contributed by atoms with E-state index in [9.17, 15) is 9.59 Å². The highest BCUT2D eigenvalue weighted by atomic mass is 79.9. The maximum Gasteiger partial charge on any atom is 0.332 e. The fourth-order valence-corrected chi connectivity index (χ4v) is 3.94. The zero-order chi connectivity index (χ0) is 23.5. The van der Waals surface area contributed by atoms with E-state index in [-0.39, 0.29) is 17.7 Å². The summed E-state index contributed by atoms with van der Waals surface area (Å²) >= 11 is 9.83. The summed E-state index contributed by atoms with van der Waals surface area (Å²) in [6.45, 7) is 0.266. The van der Waals surface area contributed by atoms with E-state index in [0.29, 0.717) is 11.0 Å². The standard InChI is InChI=1S/C23H20BrClN6O2/c1-29-20-19(21(32)30(2)23(29)33)31(14-16-10-6-7-11-18(16)25)22(27-20)28-26-13-17(24)12-15-8-4-3-5-9-15/h3-13H,14H2,1-2H3,(H,27,28)/b17-12-,26-13-. The first kappa shape index (κ1) is 22.8. The van der Waals surface area contributed by atoms with Crippen molar-refractivity contribution < 1.29 is 0 Å². The van der Waals surface area contributed by atoms with Crippen molar-refractivity contribution in [2.45, 2.75) is 6.54 Å². The molecule has 0 atom stereocenters. The number of hydrazone groups is 1. The molecule has 0 spiro atoms. The van der Waals surface area contributed by atoms with Crippen molar-refractivity contribution in [2.24, 2.45) is 19.2 Å². The van der Waals surface area contributed by atoms with E-state index in [1.54, 1.807) is 23.9 Å². The van der Waals surface area contributed by atoms with Crippen LogP contribution in [0.3, 0.4) is 0 Å². The molecule has 33 heavy (non-hydrogen) atoms. The third-order valence-electron chi connectivity index (χ3n) is 5.09. The molecule has 0 saturated carbocycles. The number of hydrogen-bond donors (Lipinski definition) is 1. The van der Waals surface area contributed by atoms with Gasteiger partial charge in [-0.15, -0.1) is 0 Å². The van der Waals surface area contributed by atoms with Crippen LogP contribution < -0.4 is 16.7 Å². The van der Waals surface area contributed by atoms with Gasteiger partial charge in [-0.05, 0) is 39.2 Å². The molecule has 0 unspecified atom stereocenters. The first-order valence-corrected chi connectivity index (χ1v) is 11.1. The van der Waals surface area contributed by atoms with E-state index in [4.69, 9.17) is 11.6 Å². The van der Waals surface area contributed by atoms with Crippen LogP contribution >= 0.6 is 27.5 Å². The van der Waals surface area contributed by atoms with Crippen molar-refractivity contribution in [2.75, 3.05) is 5.43 Å². The minimum absolute atomic E-state index is 0.256. The summed E-state index contributed by atoms with van der Waals surface area (Å²) in [5.74, 6) is 0.305. The molecule has 0 aliphatic heterocycles. The predicted octanol–water partition coefficient (Wildman–Crippen LogP) is 3.97. The van der Waals surface area contributed by atoms with Gasteiger partial charge >= 0.3 is 5.69 Å². The molecule has 2 aromatic carbocycles. The van der Waals surface area contributed by atoms with E-state index in [1.165, 1.54) is 11.6 Å². The van der Waals surface area contributed by atoms with Gasteiger partial charge in [0.15, 0.2) is 11.2 Å². The molecule has 10 heteroatoms. The summed E-state index contributed by atoms with van der Waals surface area (Å²) in [5.41, 5.74) is 4.33. The smallest absolute Gasteiger partial charge is 0.298 e. The quantitative estimate of drug-likeness (QED) is 0.304. The molecular weight excluding hydrogens is 508 g/mol. The van der Waals surface area contributed by atoms with E-state index >= 15 is 0 Å². The molecule has 2 heterocycles. The van der Waals surface area contributed by atoms with Gasteiger partial charge in [-0.2, -0.15) is 10.1 Å². The minimum Gasteiger partial charge on any atom is -0.298 e. The van der Waals surface area contributed by atoms with Crippen LogP contribution in [-0.2, 0) is 20.6 Å². The highest BCUT2D eigenvalue weighted by Gasteiger charge is 2.19. The number of anilines is 1. The molecule has 2 aromatic heterocycles. The van der Waals surface area contributed by atoms with Crippen LogP contribution in [-0.4, -0.2) is 24.9 Å². The fraction of sp³-hybridized carbons (Fsp3) is 0.130. The number of hydrogen-bond acceptors (Lipinski definition) is 5. The Morgan fingerprint density at radius 2 is 1.79 bits per heavy atom. The largest absolute Gasteiger partial charge is 0.332 e. The summed E-state index contributed by atoms with van der Waals surface area (Å²) in [4.78, 5) is 29.9. The van der Waals surface area contributed by atoms with Crippen LogP contribution in [0.25, 0.3) is 17.2 Å². The molecule has 0 fully saturated rings. The van der Waals surface area contributed by atoms with Crippen molar-refractivity contribution in [3.05, 3.63) is 96.1 Å². The zero-order valence-electron chi connectivity index (χ0n) is 17.9. The number of imidazole rings is 1. The Balaban J connectivity index is 1.77. The number of aryl methyl sites for hydroxylation is 1. The van der Waals surface area contributed by atoms with Gasteiger partial charge < -0.3 is 0 Å². The van der Waals surface area contributed by atoms with Crippen LogP contribution in [0.2, 0.25) is 5.02 Å². The first-order valence-electron chi connectivity index (χ1n) is 9.98. The van der Waals surface area contributed by atoms with Crippen molar-refractivity contribution in [1.29, 1.82) is 0 Å². The molecule has 0 aliphatic carbocycles. The van der Waals surface area contributed by atoms with Gasteiger partial charge in [0, 0.05) is 23.6 Å². The molecule has 4 aromatic rings. The summed E-state index contributed by atoms with van der Waals surface area (Å²) in [6.07, 6.45) is 3.50. The van der Waals surface area contributed by atoms with Crippen LogP contribution in [0, 0.1) is 0 Å². The number of aromatic nitrogens is 4. The molecule has 0 radical (unpaired) electrons. The third kappa shape index (κ3) is 4.69. The Morgan fingerprint density at radius 1 is 1.09 bits per heavy atom. The van der Waals surface area contributed by atoms with Gasteiger partial charge in [-0.3, -0.25) is 18.5 Å². The average Bonchev–Trinajstić information content (AvgIpc) is 3.16. The molecule has 0 saturated heterocycles. The van der Waals surface area contributed by atoms with Crippen molar-refractivity contribution in [1.82, 2.24) is 18.7 Å². The van der Waals surface area contributed by atoms with E-state index in [1.807, 2.05) is 54.6 Å². The van der Waals surface area contributed by atoms with Gasteiger partial charge in [-0.25, -0.2) is 10.2 Å². The Labute approximate surface area is 202 Å². The number of benzene rings is 2. The van der Waals surface area contributed by atoms with E-state index in [0.717, 1.165) is 20.2 Å². The summed E-state index contributed by atoms with van der Waals surface area (Å²) in [7, 11) is 3.01. The zero-order valence-corrected chi connectivity index (χ0v) is 20.2. The van der Waals surface area contributed by atoms with Crippen molar-refractivity contribution in [3.63, 3.8) is 0 Å². The van der Waals surface area contributed by atoms with Crippen LogP contribution in [0.5, 0.6) is 0 Å². The predicted molar refractivity (Wildman–Crippen MR) is 136 cm³/mol. The van der Waals surface area contributed by atoms with Crippen LogP contribution in [0.15, 0.2) is 73.8 Å². The Bertz CT molecular complexity index is 1500. The second-order valence-electron chi connectivity index (χ2n) is 7.30. The number of fused-ring (bicyclic) bond motifs is 1. The van der Waals surface area contributed by atoms with E-state index in [2.05, 4.69) is 31.4 Å². The topological polar surface area (TPSA) is 86.2 Å². The van der Waals surface area contributed by atoms with Gasteiger partial charge in [0.05, 0.1) is 12.8 Å². The minimum atomic E-state index is -0.460. The Kier molecular flexibility index (Phi) is 6.62. The summed E-state index contributed by atoms with van der Waals surface area (Å²) in [5, 5.41) is 4.82. The van der Waals surface area contributed by atoms with Crippen molar-refractivity contribution >= 4 is 56.9 Å². The third-order valence-corrected chi connectivity index (χ3v) is 5.89. The molecule has 0 bridgehead atoms.